The van der Waals surface area contributed by atoms with Crippen molar-refractivity contribution in [3.63, 3.8) is 0 Å². The smallest absolute Gasteiger partial charge is 0.321 e. The molecule has 0 saturated heterocycles. The summed E-state index contributed by atoms with van der Waals surface area (Å²) in [5, 5.41) is 14.3. The number of hydrogen-bond acceptors (Lipinski definition) is 4. The zero-order valence-corrected chi connectivity index (χ0v) is 8.52. The lowest BCUT2D eigenvalue weighted by atomic mass is 10.6. The quantitative estimate of drug-likeness (QED) is 0.594. The number of halogens is 1. The van der Waals surface area contributed by atoms with Gasteiger partial charge in [0.1, 0.15) is 6.20 Å². The van der Waals surface area contributed by atoms with E-state index in [0.717, 1.165) is 0 Å². The summed E-state index contributed by atoms with van der Waals surface area (Å²) in [6.45, 7) is 0.980. The summed E-state index contributed by atoms with van der Waals surface area (Å²) < 4.78 is 6.52. The molecule has 0 N–H and O–H groups in total. The normalized spacial score (nSPS) is 10.3. The zero-order chi connectivity index (χ0) is 9.84. The van der Waals surface area contributed by atoms with Gasteiger partial charge in [-0.2, -0.15) is 5.10 Å². The first-order valence-electron chi connectivity index (χ1n) is 3.51. The van der Waals surface area contributed by atoms with E-state index in [4.69, 9.17) is 4.74 Å². The molecule has 0 fully saturated rings. The van der Waals surface area contributed by atoms with Crippen LogP contribution in [0.2, 0.25) is 0 Å². The number of methoxy groups -OCH3 is 1. The van der Waals surface area contributed by atoms with Gasteiger partial charge in [-0.1, -0.05) is 0 Å². The minimum atomic E-state index is -0.486. The molecule has 1 heterocycles. The largest absolute Gasteiger partial charge is 0.383 e. The highest BCUT2D eigenvalue weighted by atomic mass is 79.9. The Labute approximate surface area is 82.8 Å². The molecule has 0 unspecified atom stereocenters. The average molecular weight is 250 g/mol. The first-order valence-corrected chi connectivity index (χ1v) is 4.30. The van der Waals surface area contributed by atoms with E-state index in [0.29, 0.717) is 13.2 Å². The molecule has 1 aromatic heterocycles. The molecule has 0 atom stereocenters. The van der Waals surface area contributed by atoms with Gasteiger partial charge in [0.05, 0.1) is 18.1 Å². The van der Waals surface area contributed by atoms with E-state index in [-0.39, 0.29) is 10.3 Å². The fourth-order valence-corrected chi connectivity index (χ4v) is 1.26. The van der Waals surface area contributed by atoms with Crippen LogP contribution in [0.5, 0.6) is 0 Å². The van der Waals surface area contributed by atoms with E-state index < -0.39 is 4.92 Å². The SMILES string of the molecule is COCCn1cc([N+](=O)[O-])c(Br)n1. The van der Waals surface area contributed by atoms with Gasteiger partial charge in [0.25, 0.3) is 0 Å². The van der Waals surface area contributed by atoms with E-state index in [9.17, 15) is 10.1 Å². The molecular weight excluding hydrogens is 242 g/mol. The van der Waals surface area contributed by atoms with E-state index in [1.807, 2.05) is 0 Å². The third-order valence-corrected chi connectivity index (χ3v) is 1.98. The van der Waals surface area contributed by atoms with Gasteiger partial charge in [-0.25, -0.2) is 0 Å². The predicted octanol–water partition coefficient (Wildman–Crippen LogP) is 1.20. The van der Waals surface area contributed by atoms with Gasteiger partial charge in [-0.15, -0.1) is 0 Å². The van der Waals surface area contributed by atoms with Crippen molar-refractivity contribution in [2.45, 2.75) is 6.54 Å². The van der Waals surface area contributed by atoms with Crippen molar-refractivity contribution in [1.82, 2.24) is 9.78 Å². The molecule has 0 radical (unpaired) electrons. The van der Waals surface area contributed by atoms with Crippen LogP contribution in [0.25, 0.3) is 0 Å². The maximum Gasteiger partial charge on any atom is 0.321 e. The fraction of sp³-hybridized carbons (Fsp3) is 0.500. The summed E-state index contributed by atoms with van der Waals surface area (Å²) in [7, 11) is 1.56. The second kappa shape index (κ2) is 4.33. The van der Waals surface area contributed by atoms with Gasteiger partial charge in [-0.05, 0) is 15.9 Å². The highest BCUT2D eigenvalue weighted by Crippen LogP contribution is 2.21. The van der Waals surface area contributed by atoms with Crippen LogP contribution in [0.1, 0.15) is 0 Å². The number of aromatic nitrogens is 2. The van der Waals surface area contributed by atoms with Gasteiger partial charge < -0.3 is 4.74 Å². The molecule has 0 saturated carbocycles. The number of nitrogens with zero attached hydrogens (tertiary/aromatic N) is 3. The number of nitro groups is 1. The van der Waals surface area contributed by atoms with Gasteiger partial charge in [0.2, 0.25) is 4.60 Å². The van der Waals surface area contributed by atoms with Gasteiger partial charge in [0.15, 0.2) is 0 Å². The Balaban J connectivity index is 2.76. The van der Waals surface area contributed by atoms with Gasteiger partial charge in [0, 0.05) is 7.11 Å². The Bertz CT molecular complexity index is 312. The van der Waals surface area contributed by atoms with E-state index in [2.05, 4.69) is 21.0 Å². The van der Waals surface area contributed by atoms with Crippen molar-refractivity contribution < 1.29 is 9.66 Å². The molecule has 1 rings (SSSR count). The van der Waals surface area contributed by atoms with Gasteiger partial charge >= 0.3 is 5.69 Å². The van der Waals surface area contributed by atoms with Crippen molar-refractivity contribution >= 4 is 21.6 Å². The summed E-state index contributed by atoms with van der Waals surface area (Å²) in [6.07, 6.45) is 1.36. The zero-order valence-electron chi connectivity index (χ0n) is 6.94. The molecular formula is C6H8BrN3O3. The standard InChI is InChI=1S/C6H8BrN3O3/c1-13-3-2-9-4-5(10(11)12)6(7)8-9/h4H,2-3H2,1H3. The fourth-order valence-electron chi connectivity index (χ4n) is 0.809. The van der Waals surface area contributed by atoms with Crippen LogP contribution in [-0.2, 0) is 11.3 Å². The topological polar surface area (TPSA) is 70.2 Å². The second-order valence-electron chi connectivity index (χ2n) is 2.32. The maximum absolute atomic E-state index is 10.4. The van der Waals surface area contributed by atoms with E-state index >= 15 is 0 Å². The summed E-state index contributed by atoms with van der Waals surface area (Å²) >= 11 is 3.00. The Morgan fingerprint density at radius 1 is 1.85 bits per heavy atom. The molecule has 13 heavy (non-hydrogen) atoms. The molecule has 0 spiro atoms. The third-order valence-electron chi connectivity index (χ3n) is 1.42. The van der Waals surface area contributed by atoms with Crippen LogP contribution in [0.15, 0.2) is 10.8 Å². The highest BCUT2D eigenvalue weighted by molar-refractivity contribution is 9.10. The molecule has 0 aliphatic heterocycles. The Morgan fingerprint density at radius 2 is 2.54 bits per heavy atom. The summed E-state index contributed by atoms with van der Waals surface area (Å²) in [6, 6.07) is 0. The molecule has 0 amide bonds. The molecule has 0 aliphatic carbocycles. The van der Waals surface area contributed by atoms with Crippen LogP contribution in [0.4, 0.5) is 5.69 Å². The molecule has 0 aliphatic rings. The minimum absolute atomic E-state index is 0.0314. The van der Waals surface area contributed by atoms with Crippen LogP contribution in [-0.4, -0.2) is 28.4 Å². The lowest BCUT2D eigenvalue weighted by molar-refractivity contribution is -0.385. The third kappa shape index (κ3) is 2.49. The van der Waals surface area contributed by atoms with Crippen molar-refractivity contribution in [2.75, 3.05) is 13.7 Å². The molecule has 0 aromatic carbocycles. The number of rotatable bonds is 4. The Morgan fingerprint density at radius 3 is 3.00 bits per heavy atom. The minimum Gasteiger partial charge on any atom is -0.383 e. The molecule has 6 nitrogen and oxygen atoms in total. The second-order valence-corrected chi connectivity index (χ2v) is 3.07. The Hall–Kier alpha value is -0.950. The number of ether oxygens (including phenoxy) is 1. The summed E-state index contributed by atoms with van der Waals surface area (Å²) in [5.74, 6) is 0. The lowest BCUT2D eigenvalue weighted by Crippen LogP contribution is -2.04. The van der Waals surface area contributed by atoms with Crippen molar-refractivity contribution in [3.05, 3.63) is 20.9 Å². The van der Waals surface area contributed by atoms with Crippen LogP contribution >= 0.6 is 15.9 Å². The monoisotopic (exact) mass is 249 g/mol. The highest BCUT2D eigenvalue weighted by Gasteiger charge is 2.16. The average Bonchev–Trinajstić information content (AvgIpc) is 2.43. The van der Waals surface area contributed by atoms with Gasteiger partial charge in [-0.3, -0.25) is 14.8 Å². The summed E-state index contributed by atoms with van der Waals surface area (Å²) in [4.78, 5) is 9.91. The molecule has 0 bridgehead atoms. The molecule has 7 heteroatoms. The van der Waals surface area contributed by atoms with Crippen molar-refractivity contribution in [2.24, 2.45) is 0 Å². The van der Waals surface area contributed by atoms with Crippen LogP contribution in [0, 0.1) is 10.1 Å². The maximum atomic E-state index is 10.4. The number of hydrogen-bond donors (Lipinski definition) is 0. The molecule has 1 aromatic rings. The van der Waals surface area contributed by atoms with E-state index in [1.165, 1.54) is 10.9 Å². The predicted molar refractivity (Wildman–Crippen MR) is 48.5 cm³/mol. The van der Waals surface area contributed by atoms with Crippen molar-refractivity contribution in [3.8, 4) is 0 Å². The first kappa shape index (κ1) is 10.1. The van der Waals surface area contributed by atoms with Crippen LogP contribution in [0.3, 0.4) is 0 Å². The first-order chi connectivity index (χ1) is 6.15. The lowest BCUT2D eigenvalue weighted by Gasteiger charge is -1.96. The van der Waals surface area contributed by atoms with Crippen LogP contribution < -0.4 is 0 Å². The summed E-state index contributed by atoms with van der Waals surface area (Å²) in [5.41, 5.74) is -0.0314. The van der Waals surface area contributed by atoms with E-state index in [1.54, 1.807) is 7.11 Å². The Kier molecular flexibility index (Phi) is 3.38. The molecule has 72 valence electrons. The van der Waals surface area contributed by atoms with Crippen molar-refractivity contribution in [1.29, 1.82) is 0 Å².